The van der Waals surface area contributed by atoms with Crippen LogP contribution < -0.4 is 21.1 Å². The minimum atomic E-state index is -0.254. The molecule has 0 atom stereocenters. The van der Waals surface area contributed by atoms with Gasteiger partial charge < -0.3 is 25.8 Å². The number of hydrogen-bond acceptors (Lipinski definition) is 5. The molecule has 0 bridgehead atoms. The molecule has 0 spiro atoms. The van der Waals surface area contributed by atoms with E-state index in [-0.39, 0.29) is 18.4 Å². The van der Waals surface area contributed by atoms with Gasteiger partial charge in [0.2, 0.25) is 0 Å². The zero-order valence-corrected chi connectivity index (χ0v) is 13.0. The van der Waals surface area contributed by atoms with Crippen molar-refractivity contribution in [2.24, 2.45) is 0 Å². The number of carbonyl (C=O) groups is 2. The number of amides is 2. The van der Waals surface area contributed by atoms with Crippen LogP contribution in [0.2, 0.25) is 0 Å². The van der Waals surface area contributed by atoms with Crippen LogP contribution in [-0.2, 0) is 9.53 Å². The molecule has 122 valence electrons. The molecule has 7 nitrogen and oxygen atoms in total. The maximum absolute atomic E-state index is 11.9. The summed E-state index contributed by atoms with van der Waals surface area (Å²) in [5.41, 5.74) is 6.58. The van der Waals surface area contributed by atoms with Crippen molar-refractivity contribution in [1.29, 1.82) is 0 Å². The first-order chi connectivity index (χ1) is 10.6. The van der Waals surface area contributed by atoms with Crippen molar-refractivity contribution < 1.29 is 19.1 Å². The molecule has 0 unspecified atom stereocenters. The molecule has 4 N–H and O–H groups in total. The van der Waals surface area contributed by atoms with Crippen molar-refractivity contribution in [1.82, 2.24) is 10.6 Å². The van der Waals surface area contributed by atoms with E-state index in [1.54, 1.807) is 12.1 Å². The molecule has 7 heteroatoms. The molecule has 2 amide bonds. The molecule has 0 aliphatic rings. The zero-order chi connectivity index (χ0) is 16.4. The van der Waals surface area contributed by atoms with Crippen molar-refractivity contribution in [2.75, 3.05) is 39.1 Å². The Balaban J connectivity index is 2.49. The molecular weight excluding hydrogens is 286 g/mol. The topological polar surface area (TPSA) is 103 Å². The van der Waals surface area contributed by atoms with Crippen LogP contribution in [0.3, 0.4) is 0 Å². The predicted octanol–water partition coefficient (Wildman–Crippen LogP) is 0.550. The molecule has 1 rings (SSSR count). The molecule has 0 aliphatic carbocycles. The van der Waals surface area contributed by atoms with E-state index in [0.29, 0.717) is 36.8 Å². The summed E-state index contributed by atoms with van der Waals surface area (Å²) in [5, 5.41) is 5.23. The lowest BCUT2D eigenvalue weighted by Gasteiger charge is -2.10. The number of nitrogens with two attached hydrogens (primary N) is 1. The summed E-state index contributed by atoms with van der Waals surface area (Å²) in [6, 6.07) is 4.71. The number of anilines is 1. The monoisotopic (exact) mass is 309 g/mol. The van der Waals surface area contributed by atoms with Gasteiger partial charge in [-0.1, -0.05) is 0 Å². The molecule has 22 heavy (non-hydrogen) atoms. The van der Waals surface area contributed by atoms with Gasteiger partial charge in [-0.2, -0.15) is 0 Å². The average Bonchev–Trinajstić information content (AvgIpc) is 2.52. The number of rotatable bonds is 9. The second-order valence-corrected chi connectivity index (χ2v) is 4.52. The van der Waals surface area contributed by atoms with Gasteiger partial charge in [-0.05, 0) is 31.5 Å². The number of nitrogens with one attached hydrogen (secondary N) is 2. The Morgan fingerprint density at radius 3 is 2.73 bits per heavy atom. The Kier molecular flexibility index (Phi) is 7.77. The number of nitrogen functional groups attached to an aromatic ring is 1. The standard InChI is InChI=1S/C15H23N3O4/c1-3-21-8-4-7-18-15(20)11-5-6-13(12(16)9-11)22-10-14(19)17-2/h5-6,9H,3-4,7-8,10,16H2,1-2H3,(H,17,19)(H,18,20). The average molecular weight is 309 g/mol. The third kappa shape index (κ3) is 6.01. The Bertz CT molecular complexity index is 506. The van der Waals surface area contributed by atoms with E-state index in [9.17, 15) is 9.59 Å². The van der Waals surface area contributed by atoms with E-state index in [0.717, 1.165) is 6.42 Å². The molecule has 0 fully saturated rings. The van der Waals surface area contributed by atoms with Crippen molar-refractivity contribution in [3.63, 3.8) is 0 Å². The van der Waals surface area contributed by atoms with Gasteiger partial charge in [-0.3, -0.25) is 9.59 Å². The lowest BCUT2D eigenvalue weighted by molar-refractivity contribution is -0.122. The minimum absolute atomic E-state index is 0.121. The summed E-state index contributed by atoms with van der Waals surface area (Å²) < 4.78 is 10.5. The highest BCUT2D eigenvalue weighted by molar-refractivity contribution is 5.95. The van der Waals surface area contributed by atoms with Crippen LogP contribution >= 0.6 is 0 Å². The molecule has 0 heterocycles. The maximum atomic E-state index is 11.9. The second-order valence-electron chi connectivity index (χ2n) is 4.52. The Hall–Kier alpha value is -2.28. The molecule has 0 aromatic heterocycles. The van der Waals surface area contributed by atoms with Crippen LogP contribution in [-0.4, -0.2) is 45.2 Å². The molecule has 0 saturated heterocycles. The summed E-state index contributed by atoms with van der Waals surface area (Å²) in [7, 11) is 1.52. The highest BCUT2D eigenvalue weighted by atomic mass is 16.5. The van der Waals surface area contributed by atoms with Crippen LogP contribution in [0.1, 0.15) is 23.7 Å². The van der Waals surface area contributed by atoms with Crippen LogP contribution in [0, 0.1) is 0 Å². The Morgan fingerprint density at radius 2 is 2.09 bits per heavy atom. The first-order valence-electron chi connectivity index (χ1n) is 7.17. The molecule has 0 saturated carbocycles. The highest BCUT2D eigenvalue weighted by Gasteiger charge is 2.09. The summed E-state index contributed by atoms with van der Waals surface area (Å²) in [6.07, 6.45) is 0.752. The number of likely N-dealkylation sites (N-methyl/N-ethyl adjacent to an activating group) is 1. The summed E-state index contributed by atoms with van der Waals surface area (Å²) >= 11 is 0. The van der Waals surface area contributed by atoms with Gasteiger partial charge in [-0.15, -0.1) is 0 Å². The van der Waals surface area contributed by atoms with Crippen LogP contribution in [0.5, 0.6) is 5.75 Å². The predicted molar refractivity (Wildman–Crippen MR) is 83.9 cm³/mol. The third-order valence-corrected chi connectivity index (χ3v) is 2.86. The first-order valence-corrected chi connectivity index (χ1v) is 7.17. The van der Waals surface area contributed by atoms with E-state index in [1.807, 2.05) is 6.92 Å². The Morgan fingerprint density at radius 1 is 1.32 bits per heavy atom. The van der Waals surface area contributed by atoms with E-state index >= 15 is 0 Å². The lowest BCUT2D eigenvalue weighted by atomic mass is 10.1. The number of ether oxygens (including phenoxy) is 2. The normalized spacial score (nSPS) is 10.1. The fourth-order valence-corrected chi connectivity index (χ4v) is 1.66. The highest BCUT2D eigenvalue weighted by Crippen LogP contribution is 2.22. The van der Waals surface area contributed by atoms with E-state index in [2.05, 4.69) is 10.6 Å². The largest absolute Gasteiger partial charge is 0.482 e. The smallest absolute Gasteiger partial charge is 0.257 e. The summed E-state index contributed by atoms with van der Waals surface area (Å²) in [4.78, 5) is 23.1. The maximum Gasteiger partial charge on any atom is 0.257 e. The molecular formula is C15H23N3O4. The van der Waals surface area contributed by atoms with Gasteiger partial charge in [0.15, 0.2) is 6.61 Å². The first kappa shape index (κ1) is 17.8. The third-order valence-electron chi connectivity index (χ3n) is 2.86. The van der Waals surface area contributed by atoms with E-state index in [1.165, 1.54) is 13.1 Å². The zero-order valence-electron chi connectivity index (χ0n) is 13.0. The SMILES string of the molecule is CCOCCCNC(=O)c1ccc(OCC(=O)NC)c(N)c1. The molecule has 0 aliphatic heterocycles. The van der Waals surface area contributed by atoms with Crippen LogP contribution in [0.15, 0.2) is 18.2 Å². The van der Waals surface area contributed by atoms with Gasteiger partial charge in [0.1, 0.15) is 5.75 Å². The van der Waals surface area contributed by atoms with E-state index in [4.69, 9.17) is 15.2 Å². The fourth-order valence-electron chi connectivity index (χ4n) is 1.66. The van der Waals surface area contributed by atoms with Crippen molar-refractivity contribution in [2.45, 2.75) is 13.3 Å². The second kappa shape index (κ2) is 9.62. The van der Waals surface area contributed by atoms with Crippen LogP contribution in [0.25, 0.3) is 0 Å². The summed E-state index contributed by atoms with van der Waals surface area (Å²) in [5.74, 6) is -0.0898. The van der Waals surface area contributed by atoms with Gasteiger partial charge in [0.25, 0.3) is 11.8 Å². The molecule has 0 radical (unpaired) electrons. The van der Waals surface area contributed by atoms with Gasteiger partial charge in [0, 0.05) is 32.4 Å². The number of benzene rings is 1. The lowest BCUT2D eigenvalue weighted by Crippen LogP contribution is -2.26. The van der Waals surface area contributed by atoms with Gasteiger partial charge in [-0.25, -0.2) is 0 Å². The van der Waals surface area contributed by atoms with Crippen molar-refractivity contribution in [3.8, 4) is 5.75 Å². The fraction of sp³-hybridized carbons (Fsp3) is 0.467. The molecule has 1 aromatic rings. The quantitative estimate of drug-likeness (QED) is 0.456. The Labute approximate surface area is 130 Å². The van der Waals surface area contributed by atoms with Gasteiger partial charge >= 0.3 is 0 Å². The van der Waals surface area contributed by atoms with E-state index < -0.39 is 0 Å². The number of hydrogen-bond donors (Lipinski definition) is 3. The van der Waals surface area contributed by atoms with Gasteiger partial charge in [0.05, 0.1) is 5.69 Å². The van der Waals surface area contributed by atoms with Crippen molar-refractivity contribution >= 4 is 17.5 Å². The van der Waals surface area contributed by atoms with Crippen molar-refractivity contribution in [3.05, 3.63) is 23.8 Å². The van der Waals surface area contributed by atoms with Crippen LogP contribution in [0.4, 0.5) is 5.69 Å². The molecule has 1 aromatic carbocycles. The minimum Gasteiger partial charge on any atom is -0.482 e. The number of carbonyl (C=O) groups excluding carboxylic acids is 2. The summed E-state index contributed by atoms with van der Waals surface area (Å²) in [6.45, 7) is 3.62.